The predicted octanol–water partition coefficient (Wildman–Crippen LogP) is 3.72. The lowest BCUT2D eigenvalue weighted by molar-refractivity contribution is 0.0690. The molecule has 1 amide bonds. The highest BCUT2D eigenvalue weighted by molar-refractivity contribution is 5.97. The van der Waals surface area contributed by atoms with Gasteiger partial charge in [-0.15, -0.1) is 0 Å². The Morgan fingerprint density at radius 3 is 2.63 bits per heavy atom. The van der Waals surface area contributed by atoms with Crippen molar-refractivity contribution in [2.45, 2.75) is 19.3 Å². The normalized spacial score (nSPS) is 17.5. The number of hydrogen-bond donors (Lipinski definition) is 0. The van der Waals surface area contributed by atoms with E-state index in [0.717, 1.165) is 32.6 Å². The Kier molecular flexibility index (Phi) is 6.88. The molecule has 0 N–H and O–H groups in total. The Morgan fingerprint density at radius 1 is 1.15 bits per heavy atom. The number of likely N-dealkylation sites (tertiary alicyclic amines) is 1. The van der Waals surface area contributed by atoms with Crippen LogP contribution in [0.4, 0.5) is 0 Å². The maximum absolute atomic E-state index is 13.3. The third-order valence-electron chi connectivity index (χ3n) is 5.34. The first kappa shape index (κ1) is 19.4. The summed E-state index contributed by atoms with van der Waals surface area (Å²) in [6, 6.07) is 17.9. The fourth-order valence-corrected chi connectivity index (χ4v) is 3.91. The number of methoxy groups -OCH3 is 1. The van der Waals surface area contributed by atoms with E-state index in [4.69, 9.17) is 4.74 Å². The van der Waals surface area contributed by atoms with Gasteiger partial charge in [0, 0.05) is 19.6 Å². The molecule has 1 fully saturated rings. The van der Waals surface area contributed by atoms with Crippen molar-refractivity contribution in [3.63, 3.8) is 0 Å². The van der Waals surface area contributed by atoms with Crippen LogP contribution < -0.4 is 4.74 Å². The summed E-state index contributed by atoms with van der Waals surface area (Å²) in [7, 11) is 3.79. The number of carbonyl (C=O) groups excluding carboxylic acids is 1. The highest BCUT2D eigenvalue weighted by atomic mass is 16.5. The van der Waals surface area contributed by atoms with Gasteiger partial charge in [-0.05, 0) is 56.5 Å². The van der Waals surface area contributed by atoms with E-state index >= 15 is 0 Å². The molecule has 1 atom stereocenters. The molecular weight excluding hydrogens is 336 g/mol. The second-order valence-corrected chi connectivity index (χ2v) is 7.46. The molecule has 0 unspecified atom stereocenters. The van der Waals surface area contributed by atoms with Gasteiger partial charge in [0.2, 0.25) is 0 Å². The van der Waals surface area contributed by atoms with Crippen LogP contribution in [0.2, 0.25) is 0 Å². The summed E-state index contributed by atoms with van der Waals surface area (Å²) in [5.41, 5.74) is 1.91. The minimum Gasteiger partial charge on any atom is -0.496 e. The number of rotatable bonds is 7. The number of piperidine rings is 1. The third kappa shape index (κ3) is 5.33. The Hall–Kier alpha value is -2.33. The van der Waals surface area contributed by atoms with E-state index < -0.39 is 0 Å². The molecule has 1 saturated heterocycles. The minimum atomic E-state index is 0.0663. The summed E-state index contributed by atoms with van der Waals surface area (Å²) in [5.74, 6) is 1.24. The predicted molar refractivity (Wildman–Crippen MR) is 109 cm³/mol. The second kappa shape index (κ2) is 9.56. The first-order chi connectivity index (χ1) is 13.2. The van der Waals surface area contributed by atoms with Gasteiger partial charge in [-0.2, -0.15) is 0 Å². The second-order valence-electron chi connectivity index (χ2n) is 7.46. The average Bonchev–Trinajstić information content (AvgIpc) is 2.71. The number of carbonyl (C=O) groups is 1. The first-order valence-electron chi connectivity index (χ1n) is 9.82. The number of para-hydroxylation sites is 1. The molecule has 3 rings (SSSR count). The monoisotopic (exact) mass is 366 g/mol. The largest absolute Gasteiger partial charge is 0.496 e. The minimum absolute atomic E-state index is 0.0663. The van der Waals surface area contributed by atoms with Crippen molar-refractivity contribution in [1.82, 2.24) is 9.80 Å². The highest BCUT2D eigenvalue weighted by Gasteiger charge is 2.25. The van der Waals surface area contributed by atoms with Gasteiger partial charge in [-0.3, -0.25) is 4.79 Å². The van der Waals surface area contributed by atoms with Gasteiger partial charge in [0.25, 0.3) is 5.91 Å². The summed E-state index contributed by atoms with van der Waals surface area (Å²) in [4.78, 5) is 17.7. The number of ether oxygens (including phenoxy) is 1. The van der Waals surface area contributed by atoms with E-state index in [1.54, 1.807) is 7.11 Å². The molecule has 4 heteroatoms. The summed E-state index contributed by atoms with van der Waals surface area (Å²) in [6.45, 7) is 3.73. The van der Waals surface area contributed by atoms with Crippen molar-refractivity contribution < 1.29 is 9.53 Å². The lowest BCUT2D eigenvalue weighted by atomic mass is 9.97. The van der Waals surface area contributed by atoms with E-state index in [-0.39, 0.29) is 5.91 Å². The van der Waals surface area contributed by atoms with Crippen LogP contribution in [0.15, 0.2) is 54.6 Å². The van der Waals surface area contributed by atoms with Crippen molar-refractivity contribution in [2.75, 3.05) is 40.3 Å². The van der Waals surface area contributed by atoms with Gasteiger partial charge >= 0.3 is 0 Å². The number of hydrogen-bond acceptors (Lipinski definition) is 3. The molecule has 2 aromatic rings. The third-order valence-corrected chi connectivity index (χ3v) is 5.34. The van der Waals surface area contributed by atoms with Crippen molar-refractivity contribution in [3.05, 3.63) is 65.7 Å². The Bertz CT molecular complexity index is 732. The molecule has 2 aromatic carbocycles. The van der Waals surface area contributed by atoms with Crippen LogP contribution in [-0.4, -0.2) is 56.0 Å². The van der Waals surface area contributed by atoms with Crippen LogP contribution >= 0.6 is 0 Å². The van der Waals surface area contributed by atoms with Gasteiger partial charge in [0.1, 0.15) is 5.75 Å². The van der Waals surface area contributed by atoms with Gasteiger partial charge in [0.05, 0.1) is 12.7 Å². The van der Waals surface area contributed by atoms with Crippen molar-refractivity contribution in [1.29, 1.82) is 0 Å². The zero-order chi connectivity index (χ0) is 19.1. The quantitative estimate of drug-likeness (QED) is 0.749. The molecule has 0 spiro atoms. The molecule has 0 radical (unpaired) electrons. The van der Waals surface area contributed by atoms with Crippen LogP contribution in [0, 0.1) is 5.92 Å². The molecule has 0 bridgehead atoms. The standard InChI is InChI=1S/C23H30N2O2/c1-24-15-8-11-20(17-24)18-25(16-14-19-9-4-3-5-10-19)23(26)21-12-6-7-13-22(21)27-2/h3-7,9-10,12-13,20H,8,11,14-18H2,1-2H3/t20-/m1/s1. The van der Waals surface area contributed by atoms with Crippen LogP contribution in [0.5, 0.6) is 5.75 Å². The fourth-order valence-electron chi connectivity index (χ4n) is 3.91. The van der Waals surface area contributed by atoms with E-state index in [1.165, 1.54) is 18.4 Å². The Morgan fingerprint density at radius 2 is 1.89 bits per heavy atom. The van der Waals surface area contributed by atoms with Crippen LogP contribution in [-0.2, 0) is 6.42 Å². The summed E-state index contributed by atoms with van der Waals surface area (Å²) in [5, 5.41) is 0. The van der Waals surface area contributed by atoms with E-state index in [1.807, 2.05) is 35.2 Å². The Labute approximate surface area is 162 Å². The van der Waals surface area contributed by atoms with Crippen LogP contribution in [0.3, 0.4) is 0 Å². The van der Waals surface area contributed by atoms with Crippen molar-refractivity contribution in [3.8, 4) is 5.75 Å². The molecule has 0 aromatic heterocycles. The highest BCUT2D eigenvalue weighted by Crippen LogP contribution is 2.22. The molecule has 0 saturated carbocycles. The molecule has 27 heavy (non-hydrogen) atoms. The molecular formula is C23H30N2O2. The van der Waals surface area contributed by atoms with Crippen LogP contribution in [0.25, 0.3) is 0 Å². The topological polar surface area (TPSA) is 32.8 Å². The molecule has 144 valence electrons. The van der Waals surface area contributed by atoms with E-state index in [2.05, 4.69) is 36.2 Å². The van der Waals surface area contributed by atoms with E-state index in [0.29, 0.717) is 17.2 Å². The maximum Gasteiger partial charge on any atom is 0.257 e. The van der Waals surface area contributed by atoms with Crippen LogP contribution in [0.1, 0.15) is 28.8 Å². The average molecular weight is 367 g/mol. The molecule has 1 heterocycles. The smallest absolute Gasteiger partial charge is 0.257 e. The maximum atomic E-state index is 13.3. The number of nitrogens with zero attached hydrogens (tertiary/aromatic N) is 2. The molecule has 1 aliphatic heterocycles. The lowest BCUT2D eigenvalue weighted by Crippen LogP contribution is -2.42. The Balaban J connectivity index is 1.76. The first-order valence-corrected chi connectivity index (χ1v) is 9.82. The van der Waals surface area contributed by atoms with E-state index in [9.17, 15) is 4.79 Å². The van der Waals surface area contributed by atoms with Crippen molar-refractivity contribution in [2.24, 2.45) is 5.92 Å². The number of amides is 1. The summed E-state index contributed by atoms with van der Waals surface area (Å²) < 4.78 is 5.43. The molecule has 0 aliphatic carbocycles. The summed E-state index contributed by atoms with van der Waals surface area (Å²) >= 11 is 0. The fraction of sp³-hybridized carbons (Fsp3) is 0.435. The van der Waals surface area contributed by atoms with Crippen molar-refractivity contribution >= 4 is 5.91 Å². The zero-order valence-electron chi connectivity index (χ0n) is 16.4. The van der Waals surface area contributed by atoms with Gasteiger partial charge in [-0.1, -0.05) is 42.5 Å². The SMILES string of the molecule is COc1ccccc1C(=O)N(CCc1ccccc1)C[C@@H]1CCCN(C)C1. The lowest BCUT2D eigenvalue weighted by Gasteiger charge is -2.34. The summed E-state index contributed by atoms with van der Waals surface area (Å²) in [6.07, 6.45) is 3.26. The van der Waals surface area contributed by atoms with Gasteiger partial charge in [-0.25, -0.2) is 0 Å². The van der Waals surface area contributed by atoms with Gasteiger partial charge in [0.15, 0.2) is 0 Å². The molecule has 1 aliphatic rings. The zero-order valence-corrected chi connectivity index (χ0v) is 16.4. The number of benzene rings is 2. The molecule has 4 nitrogen and oxygen atoms in total. The van der Waals surface area contributed by atoms with Gasteiger partial charge < -0.3 is 14.5 Å².